The van der Waals surface area contributed by atoms with Gasteiger partial charge in [0, 0.05) is 24.7 Å². The quantitative estimate of drug-likeness (QED) is 0.145. The summed E-state index contributed by atoms with van der Waals surface area (Å²) in [7, 11) is -3.88. The normalized spacial score (nSPS) is 36.3. The molecule has 0 unspecified atom stereocenters. The summed E-state index contributed by atoms with van der Waals surface area (Å²) < 4.78 is 14.0. The first-order valence-electron chi connectivity index (χ1n) is 16.1. The minimum absolute atomic E-state index is 0.0148. The van der Waals surface area contributed by atoms with Gasteiger partial charge < -0.3 is 24.5 Å². The molecule has 3 fully saturated rings. The van der Waals surface area contributed by atoms with Crippen LogP contribution in [0.3, 0.4) is 0 Å². The molecule has 7 nitrogen and oxygen atoms in total. The number of rotatable bonds is 8. The lowest BCUT2D eigenvalue weighted by Gasteiger charge is -2.57. The smallest absolute Gasteiger partial charge is 0.404 e. The molecule has 3 aliphatic rings. The van der Waals surface area contributed by atoms with E-state index in [-0.39, 0.29) is 32.9 Å². The number of carboxylic acid groups (broad SMARTS) is 1. The maximum atomic E-state index is 11.7. The molecule has 0 bridgehead atoms. The lowest BCUT2D eigenvalue weighted by atomic mass is 9.49. The molecule has 0 aromatic rings. The zero-order valence-electron chi connectivity index (χ0n) is 28.3. The molecule has 3 aliphatic carbocycles. The molecule has 238 valence electrons. The zero-order chi connectivity index (χ0) is 31.2. The molecule has 0 aliphatic heterocycles. The largest absolute Gasteiger partial charge is 0.465 e. The summed E-state index contributed by atoms with van der Waals surface area (Å²) in [5.41, 5.74) is 0.749. The average Bonchev–Trinajstić information content (AvgIpc) is 3.17. The van der Waals surface area contributed by atoms with Crippen molar-refractivity contribution in [3.8, 4) is 0 Å². The highest BCUT2D eigenvalue weighted by Crippen LogP contribution is 2.62. The van der Waals surface area contributed by atoms with Gasteiger partial charge in [-0.15, -0.1) is 0 Å². The SMILES string of the molecule is CC(C)(C)[Si](C)(C)OC[C@H]1C[C@@H](O[Si](C)(C)C(C)(C)C)CC[C@]1(C)[C@H]1CC[C@]2(C)/C(=N/O)CC[C@H]2[C@@H]1CNC(=O)O. The molecule has 0 radical (unpaired) electrons. The van der Waals surface area contributed by atoms with E-state index >= 15 is 0 Å². The van der Waals surface area contributed by atoms with Crippen LogP contribution in [0.2, 0.25) is 36.3 Å². The first-order chi connectivity index (χ1) is 18.6. The van der Waals surface area contributed by atoms with E-state index in [9.17, 15) is 15.1 Å². The van der Waals surface area contributed by atoms with E-state index in [0.717, 1.165) is 57.3 Å². The molecule has 3 rings (SSSR count). The van der Waals surface area contributed by atoms with Crippen molar-refractivity contribution in [1.29, 1.82) is 0 Å². The van der Waals surface area contributed by atoms with Gasteiger partial charge in [0.15, 0.2) is 16.6 Å². The molecule has 7 atom stereocenters. The second kappa shape index (κ2) is 11.9. The Morgan fingerprint density at radius 2 is 1.59 bits per heavy atom. The van der Waals surface area contributed by atoms with E-state index in [1.54, 1.807) is 0 Å². The van der Waals surface area contributed by atoms with Gasteiger partial charge in [0.25, 0.3) is 0 Å². The van der Waals surface area contributed by atoms with Gasteiger partial charge in [-0.25, -0.2) is 4.79 Å². The Bertz CT molecular complexity index is 972. The number of hydrogen-bond acceptors (Lipinski definition) is 5. The second-order valence-corrected chi connectivity index (χ2v) is 26.7. The summed E-state index contributed by atoms with van der Waals surface area (Å²) in [6.45, 7) is 29.2. The third kappa shape index (κ3) is 6.93. The number of hydrogen-bond donors (Lipinski definition) is 3. The Balaban J connectivity index is 1.97. The van der Waals surface area contributed by atoms with E-state index in [2.05, 4.69) is 92.1 Å². The molecule has 0 saturated heterocycles. The summed E-state index contributed by atoms with van der Waals surface area (Å²) >= 11 is 0. The molecule has 3 saturated carbocycles. The molecule has 9 heteroatoms. The van der Waals surface area contributed by atoms with Crippen LogP contribution in [0.4, 0.5) is 4.79 Å². The van der Waals surface area contributed by atoms with Gasteiger partial charge in [-0.05, 0) is 110 Å². The van der Waals surface area contributed by atoms with E-state index in [1.165, 1.54) is 0 Å². The van der Waals surface area contributed by atoms with E-state index < -0.39 is 22.7 Å². The fraction of sp³-hybridized carbons (Fsp3) is 0.938. The molecule has 0 aromatic heterocycles. The highest BCUT2D eigenvalue weighted by Gasteiger charge is 2.58. The number of fused-ring (bicyclic) bond motifs is 1. The minimum Gasteiger partial charge on any atom is -0.465 e. The van der Waals surface area contributed by atoms with Crippen LogP contribution in [0, 0.1) is 34.5 Å². The third-order valence-corrected chi connectivity index (χ3v) is 21.9. The van der Waals surface area contributed by atoms with Crippen LogP contribution in [0.25, 0.3) is 0 Å². The predicted molar refractivity (Wildman–Crippen MR) is 173 cm³/mol. The van der Waals surface area contributed by atoms with Gasteiger partial charge in [-0.3, -0.25) is 0 Å². The van der Waals surface area contributed by atoms with Gasteiger partial charge in [-0.2, -0.15) is 0 Å². The third-order valence-electron chi connectivity index (χ3n) is 12.8. The molecule has 1 amide bonds. The summed E-state index contributed by atoms with van der Waals surface area (Å²) in [6, 6.07) is 0. The maximum Gasteiger partial charge on any atom is 0.404 e. The fourth-order valence-corrected chi connectivity index (χ4v) is 10.4. The lowest BCUT2D eigenvalue weighted by molar-refractivity contribution is -0.0868. The van der Waals surface area contributed by atoms with Crippen LogP contribution in [0.1, 0.15) is 100 Å². The number of oxime groups is 1. The van der Waals surface area contributed by atoms with Crippen molar-refractivity contribution in [2.45, 2.75) is 143 Å². The van der Waals surface area contributed by atoms with Crippen molar-refractivity contribution in [1.82, 2.24) is 5.32 Å². The first-order valence-corrected chi connectivity index (χ1v) is 21.9. The summed E-state index contributed by atoms with van der Waals surface area (Å²) in [4.78, 5) is 11.7. The second-order valence-electron chi connectivity index (χ2n) is 17.2. The van der Waals surface area contributed by atoms with Gasteiger partial charge in [0.1, 0.15) is 0 Å². The first kappa shape index (κ1) is 34.6. The number of amides is 1. The summed E-state index contributed by atoms with van der Waals surface area (Å²) in [5, 5.41) is 26.3. The van der Waals surface area contributed by atoms with E-state index in [1.807, 2.05) is 0 Å². The van der Waals surface area contributed by atoms with Crippen LogP contribution in [-0.2, 0) is 8.85 Å². The minimum atomic E-state index is -1.96. The lowest BCUT2D eigenvalue weighted by Crippen LogP contribution is -2.56. The van der Waals surface area contributed by atoms with Gasteiger partial charge in [0.2, 0.25) is 0 Å². The average molecular weight is 611 g/mol. The molecule has 41 heavy (non-hydrogen) atoms. The van der Waals surface area contributed by atoms with Crippen molar-refractivity contribution in [2.75, 3.05) is 13.2 Å². The fourth-order valence-electron chi connectivity index (χ4n) is 7.90. The van der Waals surface area contributed by atoms with Crippen molar-refractivity contribution in [3.63, 3.8) is 0 Å². The van der Waals surface area contributed by atoms with Crippen molar-refractivity contribution < 1.29 is 24.0 Å². The van der Waals surface area contributed by atoms with Crippen molar-refractivity contribution in [3.05, 3.63) is 0 Å². The van der Waals surface area contributed by atoms with Crippen molar-refractivity contribution in [2.24, 2.45) is 39.7 Å². The predicted octanol–water partition coefficient (Wildman–Crippen LogP) is 8.75. The van der Waals surface area contributed by atoms with E-state index in [4.69, 9.17) is 8.85 Å². The van der Waals surface area contributed by atoms with Crippen LogP contribution in [0.5, 0.6) is 0 Å². The number of nitrogens with one attached hydrogen (secondary N) is 1. The summed E-state index contributed by atoms with van der Waals surface area (Å²) in [5.74, 6) is 1.21. The zero-order valence-corrected chi connectivity index (χ0v) is 30.3. The molecule has 0 aromatic carbocycles. The Morgan fingerprint density at radius 1 is 0.976 bits per heavy atom. The Morgan fingerprint density at radius 3 is 2.12 bits per heavy atom. The van der Waals surface area contributed by atoms with Gasteiger partial charge in [-0.1, -0.05) is 60.5 Å². The molecule has 0 heterocycles. The van der Waals surface area contributed by atoms with Crippen molar-refractivity contribution >= 4 is 28.4 Å². The molecular weight excluding hydrogens is 549 g/mol. The summed E-state index contributed by atoms with van der Waals surface area (Å²) in [6.07, 6.45) is 6.14. The molecular formula is C32H62N2O5Si2. The monoisotopic (exact) mass is 610 g/mol. The topological polar surface area (TPSA) is 100 Å². The van der Waals surface area contributed by atoms with Crippen LogP contribution >= 0.6 is 0 Å². The highest BCUT2D eigenvalue weighted by molar-refractivity contribution is 6.74. The number of carbonyl (C=O) groups is 1. The van der Waals surface area contributed by atoms with Crippen LogP contribution in [-0.4, -0.2) is 58.0 Å². The molecule has 0 spiro atoms. The van der Waals surface area contributed by atoms with Crippen LogP contribution in [0.15, 0.2) is 5.16 Å². The molecule has 3 N–H and O–H groups in total. The highest BCUT2D eigenvalue weighted by atomic mass is 28.4. The Labute approximate surface area is 252 Å². The number of nitrogens with zero attached hydrogens (tertiary/aromatic N) is 1. The van der Waals surface area contributed by atoms with E-state index in [0.29, 0.717) is 24.3 Å². The van der Waals surface area contributed by atoms with Gasteiger partial charge >= 0.3 is 6.09 Å². The Kier molecular flexibility index (Phi) is 10.0. The van der Waals surface area contributed by atoms with Gasteiger partial charge in [0.05, 0.1) is 5.71 Å². The maximum absolute atomic E-state index is 11.7. The standard InChI is InChI=1S/C32H62N2O5Si2/c1-29(2,3)40(9,10)38-21-22-19-23(39-41(11,12)30(4,5)6)15-17-31(22,7)26-16-18-32(8)25(13-14-27(32)34-37)24(26)20-33-28(35)36/h22-26,33,37H,13-21H2,1-12H3,(H,35,36)/b34-27+/t22-,23+,24+,25+,26+,31+,32+/m1/s1. The Hall–Kier alpha value is -0.906. The van der Waals surface area contributed by atoms with Crippen LogP contribution < -0.4 is 5.32 Å².